The first-order valence-corrected chi connectivity index (χ1v) is 5.89. The Morgan fingerprint density at radius 3 is 2.38 bits per heavy atom. The topological polar surface area (TPSA) is 87.7 Å². The van der Waals surface area contributed by atoms with Crippen molar-refractivity contribution in [3.63, 3.8) is 0 Å². The third-order valence-electron chi connectivity index (χ3n) is 3.68. The van der Waals surface area contributed by atoms with E-state index in [-0.39, 0.29) is 17.8 Å². The third kappa shape index (κ3) is 2.13. The zero-order chi connectivity index (χ0) is 12.2. The molecule has 92 valence electrons. The Morgan fingerprint density at radius 2 is 2.06 bits per heavy atom. The van der Waals surface area contributed by atoms with Gasteiger partial charge in [-0.3, -0.25) is 4.79 Å². The lowest BCUT2D eigenvalue weighted by molar-refractivity contribution is -0.129. The summed E-state index contributed by atoms with van der Waals surface area (Å²) in [7, 11) is 0. The Hall–Kier alpha value is -1.26. The molecule has 4 N–H and O–H groups in total. The van der Waals surface area contributed by atoms with Crippen molar-refractivity contribution in [3.05, 3.63) is 0 Å². The van der Waals surface area contributed by atoms with Gasteiger partial charge in [0, 0.05) is 6.04 Å². The summed E-state index contributed by atoms with van der Waals surface area (Å²) in [4.78, 5) is 12.1. The molecule has 0 radical (unpaired) electrons. The summed E-state index contributed by atoms with van der Waals surface area (Å²) in [6.07, 6.45) is 4.31. The minimum absolute atomic E-state index is 0.00863. The average molecular weight is 227 g/mol. The predicted octanol–water partition coefficient (Wildman–Crippen LogP) is 1.21. The van der Waals surface area contributed by atoms with E-state index in [2.05, 4.69) is 10.5 Å². The fraction of sp³-hybridized carbons (Fsp3) is 0.818. The minimum atomic E-state index is -0.857. The van der Waals surface area contributed by atoms with Gasteiger partial charge in [-0.05, 0) is 32.1 Å². The van der Waals surface area contributed by atoms with Crippen LogP contribution in [0.15, 0.2) is 5.16 Å². The van der Waals surface area contributed by atoms with Gasteiger partial charge in [-0.1, -0.05) is 19.0 Å². The molecule has 0 aromatic rings. The van der Waals surface area contributed by atoms with Gasteiger partial charge in [0.05, 0.1) is 0 Å². The number of oxime groups is 1. The number of hydrogen-bond acceptors (Lipinski definition) is 3. The van der Waals surface area contributed by atoms with Gasteiger partial charge in [0.25, 0.3) is 0 Å². The van der Waals surface area contributed by atoms with Crippen LogP contribution < -0.4 is 11.1 Å². The van der Waals surface area contributed by atoms with E-state index < -0.39 is 5.41 Å². The first-order valence-electron chi connectivity index (χ1n) is 5.89. The number of nitrogens with one attached hydrogen (secondary N) is 1. The molecule has 0 atom stereocenters. The lowest BCUT2D eigenvalue weighted by Gasteiger charge is -2.34. The second-order valence-electron chi connectivity index (χ2n) is 4.38. The fourth-order valence-corrected chi connectivity index (χ4v) is 2.02. The molecular weight excluding hydrogens is 206 g/mol. The molecule has 0 saturated heterocycles. The lowest BCUT2D eigenvalue weighted by atomic mass is 9.79. The van der Waals surface area contributed by atoms with Crippen molar-refractivity contribution in [1.29, 1.82) is 0 Å². The van der Waals surface area contributed by atoms with Crippen LogP contribution in [0.1, 0.15) is 46.0 Å². The highest BCUT2D eigenvalue weighted by molar-refractivity contribution is 6.06. The maximum absolute atomic E-state index is 12.1. The molecule has 1 fully saturated rings. The summed E-state index contributed by atoms with van der Waals surface area (Å²) in [6.45, 7) is 3.75. The van der Waals surface area contributed by atoms with Gasteiger partial charge in [-0.2, -0.15) is 0 Å². The molecule has 5 heteroatoms. The summed E-state index contributed by atoms with van der Waals surface area (Å²) in [6, 6.07) is 0.275. The van der Waals surface area contributed by atoms with E-state index in [1.54, 1.807) is 0 Å². The van der Waals surface area contributed by atoms with Gasteiger partial charge in [0.2, 0.25) is 5.91 Å². The standard InChI is InChI=1S/C11H21N3O2/c1-3-11(4-2,9(12)14-16)10(15)13-8-6-5-7-8/h8,16H,3-7H2,1-2H3,(H2,12,14)(H,13,15). The number of amidine groups is 1. The van der Waals surface area contributed by atoms with Crippen LogP contribution in [-0.4, -0.2) is 23.0 Å². The van der Waals surface area contributed by atoms with Crippen molar-refractivity contribution in [2.45, 2.75) is 52.0 Å². The van der Waals surface area contributed by atoms with Crippen molar-refractivity contribution < 1.29 is 10.0 Å². The molecule has 1 aliphatic carbocycles. The smallest absolute Gasteiger partial charge is 0.234 e. The van der Waals surface area contributed by atoms with Crippen LogP contribution in [0.25, 0.3) is 0 Å². The molecular formula is C11H21N3O2. The highest BCUT2D eigenvalue weighted by Gasteiger charge is 2.41. The second-order valence-corrected chi connectivity index (χ2v) is 4.38. The monoisotopic (exact) mass is 227 g/mol. The molecule has 0 spiro atoms. The number of carbonyl (C=O) groups is 1. The molecule has 1 amide bonds. The van der Waals surface area contributed by atoms with Crippen molar-refractivity contribution in [2.24, 2.45) is 16.3 Å². The summed E-state index contributed by atoms with van der Waals surface area (Å²) >= 11 is 0. The van der Waals surface area contributed by atoms with Gasteiger partial charge in [-0.15, -0.1) is 0 Å². The van der Waals surface area contributed by atoms with Crippen LogP contribution in [0, 0.1) is 5.41 Å². The van der Waals surface area contributed by atoms with Crippen molar-refractivity contribution in [1.82, 2.24) is 5.32 Å². The first kappa shape index (κ1) is 12.8. The SMILES string of the molecule is CCC(CC)(C(=O)NC1CCC1)C(N)=NO. The number of nitrogens with zero attached hydrogens (tertiary/aromatic N) is 1. The van der Waals surface area contributed by atoms with Crippen LogP contribution in [0.5, 0.6) is 0 Å². The van der Waals surface area contributed by atoms with Crippen LogP contribution >= 0.6 is 0 Å². The van der Waals surface area contributed by atoms with Gasteiger partial charge in [-0.25, -0.2) is 0 Å². The van der Waals surface area contributed by atoms with E-state index in [0.717, 1.165) is 12.8 Å². The van der Waals surface area contributed by atoms with Crippen molar-refractivity contribution >= 4 is 11.7 Å². The third-order valence-corrected chi connectivity index (χ3v) is 3.68. The molecule has 5 nitrogen and oxygen atoms in total. The van der Waals surface area contributed by atoms with E-state index in [0.29, 0.717) is 12.8 Å². The Labute approximate surface area is 96.1 Å². The molecule has 0 unspecified atom stereocenters. The molecule has 0 aromatic carbocycles. The highest BCUT2D eigenvalue weighted by atomic mass is 16.4. The van der Waals surface area contributed by atoms with Crippen LogP contribution in [0.3, 0.4) is 0 Å². The van der Waals surface area contributed by atoms with E-state index in [4.69, 9.17) is 10.9 Å². The Kier molecular flexibility index (Phi) is 4.15. The van der Waals surface area contributed by atoms with Crippen molar-refractivity contribution in [2.75, 3.05) is 0 Å². The number of hydrogen-bond donors (Lipinski definition) is 3. The summed E-state index contributed by atoms with van der Waals surface area (Å²) in [5.74, 6) is -0.105. The summed E-state index contributed by atoms with van der Waals surface area (Å²) < 4.78 is 0. The van der Waals surface area contributed by atoms with E-state index in [1.807, 2.05) is 13.8 Å². The predicted molar refractivity (Wildman–Crippen MR) is 62.2 cm³/mol. The largest absolute Gasteiger partial charge is 0.409 e. The molecule has 1 saturated carbocycles. The first-order chi connectivity index (χ1) is 7.60. The normalized spacial score (nSPS) is 18.0. The van der Waals surface area contributed by atoms with E-state index in [1.165, 1.54) is 6.42 Å². The number of rotatable bonds is 5. The maximum atomic E-state index is 12.1. The second kappa shape index (κ2) is 5.18. The molecule has 1 rings (SSSR count). The fourth-order valence-electron chi connectivity index (χ4n) is 2.02. The number of nitrogens with two attached hydrogens (primary N) is 1. The zero-order valence-electron chi connectivity index (χ0n) is 9.99. The van der Waals surface area contributed by atoms with Gasteiger partial charge < -0.3 is 16.3 Å². The molecule has 0 aromatic heterocycles. The summed E-state index contributed by atoms with van der Waals surface area (Å²) in [5, 5.41) is 14.7. The zero-order valence-corrected chi connectivity index (χ0v) is 9.99. The number of amides is 1. The lowest BCUT2D eigenvalue weighted by Crippen LogP contribution is -2.53. The average Bonchev–Trinajstić information content (AvgIpc) is 2.25. The Morgan fingerprint density at radius 1 is 1.50 bits per heavy atom. The van der Waals surface area contributed by atoms with Crippen LogP contribution in [0.2, 0.25) is 0 Å². The molecule has 1 aliphatic rings. The Balaban J connectivity index is 2.78. The Bertz CT molecular complexity index is 281. The van der Waals surface area contributed by atoms with Crippen molar-refractivity contribution in [3.8, 4) is 0 Å². The van der Waals surface area contributed by atoms with Gasteiger partial charge >= 0.3 is 0 Å². The molecule has 0 bridgehead atoms. The quantitative estimate of drug-likeness (QED) is 0.285. The minimum Gasteiger partial charge on any atom is -0.409 e. The van der Waals surface area contributed by atoms with Gasteiger partial charge in [0.15, 0.2) is 5.84 Å². The molecule has 0 aliphatic heterocycles. The van der Waals surface area contributed by atoms with Crippen LogP contribution in [-0.2, 0) is 4.79 Å². The van der Waals surface area contributed by atoms with E-state index >= 15 is 0 Å². The maximum Gasteiger partial charge on any atom is 0.234 e. The van der Waals surface area contributed by atoms with E-state index in [9.17, 15) is 4.79 Å². The number of carbonyl (C=O) groups excluding carboxylic acids is 1. The van der Waals surface area contributed by atoms with Gasteiger partial charge in [0.1, 0.15) is 5.41 Å². The molecule has 16 heavy (non-hydrogen) atoms. The molecule has 0 heterocycles. The van der Waals surface area contributed by atoms with Crippen LogP contribution in [0.4, 0.5) is 0 Å². The summed E-state index contributed by atoms with van der Waals surface area (Å²) in [5.41, 5.74) is 4.79. The highest BCUT2D eigenvalue weighted by Crippen LogP contribution is 2.29.